The minimum atomic E-state index is 0.517. The molecule has 0 spiro atoms. The van der Waals surface area contributed by atoms with Crippen LogP contribution in [0.25, 0.3) is 0 Å². The Labute approximate surface area is 131 Å². The van der Waals surface area contributed by atoms with Crippen molar-refractivity contribution in [1.82, 2.24) is 0 Å². The zero-order chi connectivity index (χ0) is 14.8. The van der Waals surface area contributed by atoms with E-state index in [9.17, 15) is 0 Å². The zero-order valence-electron chi connectivity index (χ0n) is 12.6. The maximum Gasteiger partial charge on any atom is 0.0701 e. The van der Waals surface area contributed by atoms with E-state index in [1.807, 2.05) is 11.8 Å². The van der Waals surface area contributed by atoms with Gasteiger partial charge in [-0.25, -0.2) is 0 Å². The second kappa shape index (κ2) is 10.2. The first-order chi connectivity index (χ1) is 10.4. The Morgan fingerprint density at radius 1 is 0.952 bits per heavy atom. The smallest absolute Gasteiger partial charge is 0.0701 e. The lowest BCUT2D eigenvalue weighted by atomic mass is 10.0. The number of hydrogen-bond acceptors (Lipinski definition) is 5. The molecule has 0 N–H and O–H groups in total. The SMILES string of the molecule is COCCOCCOCCOCC1CSc2ccccc21. The van der Waals surface area contributed by atoms with Gasteiger partial charge in [-0.3, -0.25) is 0 Å². The van der Waals surface area contributed by atoms with Gasteiger partial charge in [0.1, 0.15) is 0 Å². The van der Waals surface area contributed by atoms with Gasteiger partial charge in [0.05, 0.1) is 46.2 Å². The van der Waals surface area contributed by atoms with Crippen LogP contribution in [0.2, 0.25) is 0 Å². The van der Waals surface area contributed by atoms with Crippen LogP contribution in [0.4, 0.5) is 0 Å². The molecule has 1 aliphatic rings. The van der Waals surface area contributed by atoms with Gasteiger partial charge in [0.15, 0.2) is 0 Å². The Kier molecular flexibility index (Phi) is 8.14. The van der Waals surface area contributed by atoms with Crippen molar-refractivity contribution in [2.45, 2.75) is 10.8 Å². The molecule has 0 aromatic heterocycles. The molecule has 0 radical (unpaired) electrons. The fraction of sp³-hybridized carbons (Fsp3) is 0.625. The summed E-state index contributed by atoms with van der Waals surface area (Å²) in [6.45, 7) is 4.50. The number of methoxy groups -OCH3 is 1. The van der Waals surface area contributed by atoms with Crippen LogP contribution in [0.5, 0.6) is 0 Å². The van der Waals surface area contributed by atoms with Crippen LogP contribution in [0.15, 0.2) is 29.2 Å². The topological polar surface area (TPSA) is 36.9 Å². The zero-order valence-corrected chi connectivity index (χ0v) is 13.4. The molecular formula is C16H24O4S. The molecule has 0 fully saturated rings. The van der Waals surface area contributed by atoms with Crippen LogP contribution in [0, 0.1) is 0 Å². The van der Waals surface area contributed by atoms with Crippen molar-refractivity contribution in [2.75, 3.05) is 59.1 Å². The van der Waals surface area contributed by atoms with E-state index in [0.717, 1.165) is 12.4 Å². The average Bonchev–Trinajstić information content (AvgIpc) is 2.92. The van der Waals surface area contributed by atoms with Crippen LogP contribution >= 0.6 is 11.8 Å². The minimum absolute atomic E-state index is 0.517. The predicted molar refractivity (Wildman–Crippen MR) is 84.2 cm³/mol. The standard InChI is InChI=1S/C16H24O4S/c1-17-6-7-18-8-9-19-10-11-20-12-14-13-21-16-5-3-2-4-15(14)16/h2-5,14H,6-13H2,1H3. The summed E-state index contributed by atoms with van der Waals surface area (Å²) in [6, 6.07) is 8.59. The number of fused-ring (bicyclic) bond motifs is 1. The Balaban J connectivity index is 1.46. The number of thioether (sulfide) groups is 1. The summed E-state index contributed by atoms with van der Waals surface area (Å²) in [5.41, 5.74) is 1.43. The number of hydrogen-bond donors (Lipinski definition) is 0. The quantitative estimate of drug-likeness (QED) is 0.587. The maximum atomic E-state index is 5.72. The van der Waals surface area contributed by atoms with Gasteiger partial charge in [0.2, 0.25) is 0 Å². The van der Waals surface area contributed by atoms with Crippen LogP contribution in [0.3, 0.4) is 0 Å². The molecule has 1 atom stereocenters. The van der Waals surface area contributed by atoms with E-state index in [-0.39, 0.29) is 0 Å². The fourth-order valence-corrected chi connectivity index (χ4v) is 3.41. The van der Waals surface area contributed by atoms with Crippen molar-refractivity contribution < 1.29 is 18.9 Å². The number of ether oxygens (including phenoxy) is 4. The minimum Gasteiger partial charge on any atom is -0.382 e. The van der Waals surface area contributed by atoms with Gasteiger partial charge in [0.25, 0.3) is 0 Å². The summed E-state index contributed by atoms with van der Waals surface area (Å²) in [5, 5.41) is 0. The van der Waals surface area contributed by atoms with E-state index in [4.69, 9.17) is 18.9 Å². The second-order valence-electron chi connectivity index (χ2n) is 4.84. The Hall–Kier alpha value is -0.590. The summed E-state index contributed by atoms with van der Waals surface area (Å²) in [7, 11) is 1.67. The van der Waals surface area contributed by atoms with Crippen LogP contribution < -0.4 is 0 Å². The Morgan fingerprint density at radius 2 is 1.62 bits per heavy atom. The third-order valence-corrected chi connectivity index (χ3v) is 4.55. The molecule has 1 heterocycles. The van der Waals surface area contributed by atoms with Crippen molar-refractivity contribution in [3.63, 3.8) is 0 Å². The van der Waals surface area contributed by atoms with Crippen LogP contribution in [-0.2, 0) is 18.9 Å². The number of rotatable bonds is 11. The third kappa shape index (κ3) is 5.96. The third-order valence-electron chi connectivity index (χ3n) is 3.29. The summed E-state index contributed by atoms with van der Waals surface area (Å²) in [5.74, 6) is 1.64. The first-order valence-corrected chi connectivity index (χ1v) is 8.34. The lowest BCUT2D eigenvalue weighted by Gasteiger charge is -2.11. The summed E-state index contributed by atoms with van der Waals surface area (Å²) < 4.78 is 21.4. The van der Waals surface area contributed by atoms with Crippen LogP contribution in [-0.4, -0.2) is 59.1 Å². The lowest BCUT2D eigenvalue weighted by molar-refractivity contribution is 0.00242. The Morgan fingerprint density at radius 3 is 2.38 bits per heavy atom. The molecule has 0 saturated carbocycles. The molecule has 2 rings (SSSR count). The molecule has 1 aromatic carbocycles. The van der Waals surface area contributed by atoms with Gasteiger partial charge < -0.3 is 18.9 Å². The van der Waals surface area contributed by atoms with E-state index in [1.54, 1.807) is 7.11 Å². The highest BCUT2D eigenvalue weighted by atomic mass is 32.2. The van der Waals surface area contributed by atoms with Gasteiger partial charge in [0, 0.05) is 23.7 Å². The molecule has 0 amide bonds. The fourth-order valence-electron chi connectivity index (χ4n) is 2.17. The van der Waals surface area contributed by atoms with E-state index >= 15 is 0 Å². The first-order valence-electron chi connectivity index (χ1n) is 7.35. The van der Waals surface area contributed by atoms with Gasteiger partial charge in [-0.2, -0.15) is 0 Å². The maximum absolute atomic E-state index is 5.72. The van der Waals surface area contributed by atoms with Crippen molar-refractivity contribution in [3.8, 4) is 0 Å². The highest BCUT2D eigenvalue weighted by Gasteiger charge is 2.22. The normalized spacial score (nSPS) is 17.1. The highest BCUT2D eigenvalue weighted by molar-refractivity contribution is 7.99. The summed E-state index contributed by atoms with van der Waals surface area (Å²) in [6.07, 6.45) is 0. The molecule has 118 valence electrons. The van der Waals surface area contributed by atoms with Gasteiger partial charge in [-0.15, -0.1) is 11.8 Å². The van der Waals surface area contributed by atoms with Gasteiger partial charge >= 0.3 is 0 Å². The largest absolute Gasteiger partial charge is 0.382 e. The van der Waals surface area contributed by atoms with Crippen molar-refractivity contribution in [2.24, 2.45) is 0 Å². The highest BCUT2D eigenvalue weighted by Crippen LogP contribution is 2.39. The molecular weight excluding hydrogens is 288 g/mol. The Bertz CT molecular complexity index is 400. The second-order valence-corrected chi connectivity index (χ2v) is 5.90. The van der Waals surface area contributed by atoms with E-state index in [0.29, 0.717) is 45.6 Å². The molecule has 21 heavy (non-hydrogen) atoms. The van der Waals surface area contributed by atoms with Crippen molar-refractivity contribution in [3.05, 3.63) is 29.8 Å². The van der Waals surface area contributed by atoms with E-state index in [1.165, 1.54) is 10.5 Å². The molecule has 1 unspecified atom stereocenters. The van der Waals surface area contributed by atoms with Crippen LogP contribution in [0.1, 0.15) is 11.5 Å². The monoisotopic (exact) mass is 312 g/mol. The molecule has 0 aliphatic carbocycles. The molecule has 1 aromatic rings. The molecule has 5 heteroatoms. The predicted octanol–water partition coefficient (Wildman–Crippen LogP) is 2.57. The van der Waals surface area contributed by atoms with Gasteiger partial charge in [-0.05, 0) is 11.6 Å². The average molecular weight is 312 g/mol. The first kappa shape index (κ1) is 16.8. The van der Waals surface area contributed by atoms with Crippen molar-refractivity contribution in [1.29, 1.82) is 0 Å². The molecule has 0 saturated heterocycles. The van der Waals surface area contributed by atoms with Crippen molar-refractivity contribution >= 4 is 11.8 Å². The molecule has 4 nitrogen and oxygen atoms in total. The summed E-state index contributed by atoms with van der Waals surface area (Å²) >= 11 is 1.92. The van der Waals surface area contributed by atoms with E-state index < -0.39 is 0 Å². The molecule has 0 bridgehead atoms. The van der Waals surface area contributed by atoms with Gasteiger partial charge in [-0.1, -0.05) is 18.2 Å². The molecule has 1 aliphatic heterocycles. The van der Waals surface area contributed by atoms with E-state index in [2.05, 4.69) is 24.3 Å². The number of benzene rings is 1. The summed E-state index contributed by atoms with van der Waals surface area (Å²) in [4.78, 5) is 1.40. The lowest BCUT2D eigenvalue weighted by Crippen LogP contribution is -2.13.